The van der Waals surface area contributed by atoms with Gasteiger partial charge in [0.2, 0.25) is 0 Å². The molecule has 13 aromatic carbocycles. The van der Waals surface area contributed by atoms with Crippen molar-refractivity contribution in [2.24, 2.45) is 0 Å². The number of hydrogen-bond acceptors (Lipinski definition) is 5. The summed E-state index contributed by atoms with van der Waals surface area (Å²) in [4.78, 5) is 7.18. The third kappa shape index (κ3) is 8.71. The van der Waals surface area contributed by atoms with Crippen LogP contribution in [0.4, 0.5) is 51.2 Å². The summed E-state index contributed by atoms with van der Waals surface area (Å²) in [7, 11) is 0. The lowest BCUT2D eigenvalue weighted by Gasteiger charge is -2.33. The number of anilines is 9. The maximum absolute atomic E-state index is 6.59. The Morgan fingerprint density at radius 3 is 1.25 bits per heavy atom. The molecule has 5 heteroatoms. The van der Waals surface area contributed by atoms with Gasteiger partial charge < -0.3 is 23.5 Å². The molecule has 382 valence electrons. The van der Waals surface area contributed by atoms with E-state index in [-0.39, 0.29) is 0 Å². The molecule has 0 spiro atoms. The highest BCUT2D eigenvalue weighted by molar-refractivity contribution is 6.10. The van der Waals surface area contributed by atoms with Crippen LogP contribution in [-0.2, 0) is 0 Å². The average Bonchev–Trinajstić information content (AvgIpc) is 4.18. The second-order valence-electron chi connectivity index (χ2n) is 20.5. The minimum atomic E-state index is 0.878. The summed E-state index contributed by atoms with van der Waals surface area (Å²) in [6.45, 7) is 0. The maximum atomic E-state index is 6.59. The van der Waals surface area contributed by atoms with Crippen molar-refractivity contribution in [3.8, 4) is 33.4 Å². The molecule has 81 heavy (non-hydrogen) atoms. The van der Waals surface area contributed by atoms with Gasteiger partial charge in [0.25, 0.3) is 0 Å². The van der Waals surface area contributed by atoms with Crippen LogP contribution in [0, 0.1) is 0 Å². The summed E-state index contributed by atoms with van der Waals surface area (Å²) in [5, 5.41) is 6.73. The first-order valence-electron chi connectivity index (χ1n) is 27.5. The average molecular weight is 1040 g/mol. The summed E-state index contributed by atoms with van der Waals surface area (Å²) in [5.41, 5.74) is 19.3. The van der Waals surface area contributed by atoms with E-state index in [1.54, 1.807) is 0 Å². The van der Waals surface area contributed by atoms with E-state index in [1.807, 2.05) is 24.3 Å². The van der Waals surface area contributed by atoms with Gasteiger partial charge in [-0.3, -0.25) is 0 Å². The molecule has 0 aliphatic rings. The highest BCUT2D eigenvalue weighted by Crippen LogP contribution is 2.48. The Morgan fingerprint density at radius 1 is 0.210 bits per heavy atom. The second-order valence-corrected chi connectivity index (χ2v) is 20.5. The lowest BCUT2D eigenvalue weighted by atomic mass is 10.0. The Labute approximate surface area is 469 Å². The number of furan rings is 2. The van der Waals surface area contributed by atoms with Gasteiger partial charge in [0.15, 0.2) is 0 Å². The summed E-state index contributed by atoms with van der Waals surface area (Å²) in [6, 6.07) is 111. The monoisotopic (exact) mass is 1040 g/mol. The second kappa shape index (κ2) is 20.2. The quantitative estimate of drug-likeness (QED) is 0.122. The summed E-state index contributed by atoms with van der Waals surface area (Å²) >= 11 is 0. The van der Waals surface area contributed by atoms with Gasteiger partial charge in [-0.15, -0.1) is 0 Å². The first kappa shape index (κ1) is 47.3. The smallest absolute Gasteiger partial charge is 0.143 e. The number of rotatable bonds is 12. The van der Waals surface area contributed by atoms with Crippen LogP contribution in [0.3, 0.4) is 0 Å². The number of benzene rings is 13. The molecule has 0 fully saturated rings. The van der Waals surface area contributed by atoms with Crippen LogP contribution in [0.25, 0.3) is 88.0 Å². The van der Waals surface area contributed by atoms with Gasteiger partial charge in [-0.2, -0.15) is 0 Å². The molecular formula is C76H51N3O2. The van der Waals surface area contributed by atoms with Crippen molar-refractivity contribution in [1.82, 2.24) is 0 Å². The number of nitrogens with zero attached hydrogens (tertiary/aromatic N) is 3. The van der Waals surface area contributed by atoms with Crippen LogP contribution in [0.1, 0.15) is 0 Å². The zero-order valence-electron chi connectivity index (χ0n) is 44.1. The van der Waals surface area contributed by atoms with Crippen molar-refractivity contribution >= 4 is 106 Å². The van der Waals surface area contributed by atoms with Crippen molar-refractivity contribution in [3.05, 3.63) is 309 Å². The minimum Gasteiger partial charge on any atom is -0.456 e. The summed E-state index contributed by atoms with van der Waals surface area (Å²) in [5.74, 6) is 0. The minimum absolute atomic E-state index is 0.878. The zero-order chi connectivity index (χ0) is 53.6. The molecule has 2 heterocycles. The lowest BCUT2D eigenvalue weighted by Crippen LogP contribution is -2.16. The molecule has 0 N–H and O–H groups in total. The Bertz CT molecular complexity index is 4700. The van der Waals surface area contributed by atoms with E-state index in [2.05, 4.69) is 300 Å². The predicted molar refractivity (Wildman–Crippen MR) is 339 cm³/mol. The van der Waals surface area contributed by atoms with Crippen LogP contribution in [0.2, 0.25) is 0 Å². The molecule has 0 radical (unpaired) electrons. The van der Waals surface area contributed by atoms with E-state index >= 15 is 0 Å². The van der Waals surface area contributed by atoms with Crippen LogP contribution in [0.5, 0.6) is 0 Å². The van der Waals surface area contributed by atoms with E-state index in [4.69, 9.17) is 8.83 Å². The number of para-hydroxylation sites is 5. The van der Waals surface area contributed by atoms with Crippen LogP contribution in [0.15, 0.2) is 318 Å². The molecule has 0 bridgehead atoms. The Kier molecular flexibility index (Phi) is 11.8. The summed E-state index contributed by atoms with van der Waals surface area (Å²) in [6.07, 6.45) is 0. The summed E-state index contributed by atoms with van der Waals surface area (Å²) < 4.78 is 12.8. The molecule has 0 saturated carbocycles. The Hall–Kier alpha value is -10.9. The molecule has 2 aromatic heterocycles. The van der Waals surface area contributed by atoms with Crippen LogP contribution < -0.4 is 14.7 Å². The highest BCUT2D eigenvalue weighted by Gasteiger charge is 2.24. The van der Waals surface area contributed by atoms with Crippen molar-refractivity contribution in [2.75, 3.05) is 14.7 Å². The van der Waals surface area contributed by atoms with Crippen LogP contribution in [-0.4, -0.2) is 0 Å². The molecule has 15 aromatic rings. The van der Waals surface area contributed by atoms with Crippen LogP contribution >= 0.6 is 0 Å². The fourth-order valence-electron chi connectivity index (χ4n) is 11.8. The van der Waals surface area contributed by atoms with Crippen molar-refractivity contribution in [2.45, 2.75) is 0 Å². The van der Waals surface area contributed by atoms with Crippen molar-refractivity contribution < 1.29 is 8.83 Å². The van der Waals surface area contributed by atoms with Gasteiger partial charge in [0.05, 0.1) is 22.7 Å². The highest BCUT2D eigenvalue weighted by atomic mass is 16.3. The first-order chi connectivity index (χ1) is 40.1. The first-order valence-corrected chi connectivity index (χ1v) is 27.5. The molecule has 15 rings (SSSR count). The van der Waals surface area contributed by atoms with Gasteiger partial charge in [0, 0.05) is 60.9 Å². The molecule has 0 saturated heterocycles. The molecular weight excluding hydrogens is 987 g/mol. The topological polar surface area (TPSA) is 36.0 Å². The molecule has 0 aliphatic heterocycles. The lowest BCUT2D eigenvalue weighted by molar-refractivity contribution is 0.669. The predicted octanol–water partition coefficient (Wildman–Crippen LogP) is 22.0. The molecule has 0 amide bonds. The fraction of sp³-hybridized carbons (Fsp3) is 0. The fourth-order valence-corrected chi connectivity index (χ4v) is 11.8. The Morgan fingerprint density at radius 2 is 0.617 bits per heavy atom. The molecule has 5 nitrogen and oxygen atoms in total. The number of hydrogen-bond donors (Lipinski definition) is 0. The van der Waals surface area contributed by atoms with Gasteiger partial charge in [0.1, 0.15) is 22.3 Å². The maximum Gasteiger partial charge on any atom is 0.143 e. The van der Waals surface area contributed by atoms with E-state index in [9.17, 15) is 0 Å². The van der Waals surface area contributed by atoms with Crippen molar-refractivity contribution in [3.63, 3.8) is 0 Å². The van der Waals surface area contributed by atoms with E-state index in [1.165, 1.54) is 5.56 Å². The zero-order valence-corrected chi connectivity index (χ0v) is 44.1. The SMILES string of the molecule is c1ccc(-c2ccc(N(c3cc(N(c4ccccc4)c4ccccc4)cc(N(c4ccc(-c5ccc6oc7ccccc7c6c5)cc4)c4ccc(-c5cccc6c5oc5ccccc56)cc4)c3)c3cccc4ccccc34)cc2)cc1. The Balaban J connectivity index is 0.955. The van der Waals surface area contributed by atoms with Gasteiger partial charge in [-0.1, -0.05) is 200 Å². The third-order valence-corrected chi connectivity index (χ3v) is 15.6. The van der Waals surface area contributed by atoms with E-state index in [0.29, 0.717) is 0 Å². The standard InChI is InChI=1S/C76H51N3O2/c1-4-18-52(19-5-1)53-34-43-62(44-35-53)79(72-31-16-21-55-20-10-11-26-66(55)72)65-50-63(77(58-22-6-2-7-23-58)59-24-8-3-9-25-59)49-64(51-65)78(60-41-36-54(37-42-60)57-40-47-75-71(48-57)69-28-13-14-32-73(69)80-75)61-45-38-56(39-46-61)67-29-17-30-70-68-27-12-15-33-74(68)81-76(67)70/h1-51H. The van der Waals surface area contributed by atoms with Gasteiger partial charge in [-0.05, 0) is 142 Å². The van der Waals surface area contributed by atoms with E-state index < -0.39 is 0 Å². The largest absolute Gasteiger partial charge is 0.456 e. The molecule has 0 aliphatic carbocycles. The van der Waals surface area contributed by atoms with Gasteiger partial charge >= 0.3 is 0 Å². The van der Waals surface area contributed by atoms with E-state index in [0.717, 1.165) is 134 Å². The molecule has 0 atom stereocenters. The van der Waals surface area contributed by atoms with Crippen molar-refractivity contribution in [1.29, 1.82) is 0 Å². The third-order valence-electron chi connectivity index (χ3n) is 15.6. The number of fused-ring (bicyclic) bond motifs is 7. The van der Waals surface area contributed by atoms with Gasteiger partial charge in [-0.25, -0.2) is 0 Å². The molecule has 0 unspecified atom stereocenters. The normalized spacial score (nSPS) is 11.5.